The van der Waals surface area contributed by atoms with Gasteiger partial charge in [0.05, 0.1) is 14.2 Å². The number of carbonyl (C=O) groups excluding carboxylic acids is 1. The first-order valence-electron chi connectivity index (χ1n) is 9.75. The maximum Gasteiger partial charge on any atom is 0.356 e. The largest absolute Gasteiger partial charge is 0.496 e. The number of esters is 1. The molecule has 0 saturated heterocycles. The standard InChI is InChI=1S/C23H26N2O3/c1-5-14-11-16-17(12-15-7-6-8-18(24-15)22(26)28-4)21(23(2)9-10-23)25-19(16)13-20(14)27-3/h6-8,11,13,25H,5,9-10,12H2,1-4H3. The van der Waals surface area contributed by atoms with Crippen LogP contribution >= 0.6 is 0 Å². The number of aromatic nitrogens is 2. The lowest BCUT2D eigenvalue weighted by Gasteiger charge is -2.11. The number of ether oxygens (including phenoxy) is 2. The molecule has 1 fully saturated rings. The lowest BCUT2D eigenvalue weighted by atomic mass is 9.95. The van der Waals surface area contributed by atoms with Crippen molar-refractivity contribution in [1.82, 2.24) is 9.97 Å². The smallest absolute Gasteiger partial charge is 0.356 e. The van der Waals surface area contributed by atoms with Gasteiger partial charge in [0, 0.05) is 40.2 Å². The lowest BCUT2D eigenvalue weighted by molar-refractivity contribution is 0.0593. The Bertz CT molecular complexity index is 1050. The Labute approximate surface area is 165 Å². The van der Waals surface area contributed by atoms with Crippen molar-refractivity contribution in [3.8, 4) is 5.75 Å². The summed E-state index contributed by atoms with van der Waals surface area (Å²) >= 11 is 0. The van der Waals surface area contributed by atoms with Crippen LogP contribution in [0.2, 0.25) is 0 Å². The van der Waals surface area contributed by atoms with E-state index in [1.807, 2.05) is 12.1 Å². The van der Waals surface area contributed by atoms with Crippen molar-refractivity contribution in [2.75, 3.05) is 14.2 Å². The molecule has 1 aliphatic carbocycles. The van der Waals surface area contributed by atoms with Gasteiger partial charge in [0.1, 0.15) is 11.4 Å². The second kappa shape index (κ2) is 6.97. The first-order chi connectivity index (χ1) is 13.5. The Balaban J connectivity index is 1.84. The molecule has 0 unspecified atom stereocenters. The van der Waals surface area contributed by atoms with E-state index in [0.29, 0.717) is 12.1 Å². The minimum absolute atomic E-state index is 0.188. The number of carbonyl (C=O) groups is 1. The number of hydrogen-bond acceptors (Lipinski definition) is 4. The zero-order valence-corrected chi connectivity index (χ0v) is 16.9. The summed E-state index contributed by atoms with van der Waals surface area (Å²) in [6, 6.07) is 9.86. The Hall–Kier alpha value is -2.82. The highest BCUT2D eigenvalue weighted by Crippen LogP contribution is 2.50. The van der Waals surface area contributed by atoms with Crippen molar-refractivity contribution >= 4 is 16.9 Å². The van der Waals surface area contributed by atoms with Crippen LogP contribution in [-0.2, 0) is 23.0 Å². The molecule has 1 saturated carbocycles. The van der Waals surface area contributed by atoms with Crippen LogP contribution in [0.1, 0.15) is 59.7 Å². The highest BCUT2D eigenvalue weighted by Gasteiger charge is 2.42. The molecule has 3 aromatic rings. The molecule has 1 aromatic carbocycles. The van der Waals surface area contributed by atoms with Crippen molar-refractivity contribution in [3.63, 3.8) is 0 Å². The number of H-pyrrole nitrogens is 1. The fraction of sp³-hybridized carbons (Fsp3) is 0.391. The van der Waals surface area contributed by atoms with Crippen LogP contribution in [0.3, 0.4) is 0 Å². The van der Waals surface area contributed by atoms with Crippen molar-refractivity contribution in [2.24, 2.45) is 0 Å². The molecule has 2 heterocycles. The van der Waals surface area contributed by atoms with Gasteiger partial charge in [-0.15, -0.1) is 0 Å². The number of methoxy groups -OCH3 is 2. The third-order valence-corrected chi connectivity index (χ3v) is 5.85. The van der Waals surface area contributed by atoms with Crippen LogP contribution in [0.15, 0.2) is 30.3 Å². The number of benzene rings is 1. The third kappa shape index (κ3) is 3.15. The Morgan fingerprint density at radius 3 is 2.68 bits per heavy atom. The minimum Gasteiger partial charge on any atom is -0.496 e. The highest BCUT2D eigenvalue weighted by atomic mass is 16.5. The van der Waals surface area contributed by atoms with E-state index in [1.165, 1.54) is 42.2 Å². The molecule has 0 aliphatic heterocycles. The quantitative estimate of drug-likeness (QED) is 0.639. The van der Waals surface area contributed by atoms with Crippen LogP contribution in [-0.4, -0.2) is 30.2 Å². The van der Waals surface area contributed by atoms with Gasteiger partial charge in [0.15, 0.2) is 0 Å². The van der Waals surface area contributed by atoms with Crippen molar-refractivity contribution in [3.05, 3.63) is 58.5 Å². The zero-order chi connectivity index (χ0) is 19.9. The van der Waals surface area contributed by atoms with Crippen LogP contribution in [0, 0.1) is 0 Å². The van der Waals surface area contributed by atoms with Crippen LogP contribution in [0.25, 0.3) is 10.9 Å². The van der Waals surface area contributed by atoms with Crippen LogP contribution in [0.4, 0.5) is 0 Å². The van der Waals surface area contributed by atoms with Gasteiger partial charge in [-0.05, 0) is 48.6 Å². The predicted octanol–water partition coefficient (Wildman–Crippen LogP) is 4.56. The molecule has 2 aromatic heterocycles. The van der Waals surface area contributed by atoms with Crippen molar-refractivity contribution in [2.45, 2.75) is 44.9 Å². The summed E-state index contributed by atoms with van der Waals surface area (Å²) in [5.74, 6) is 0.509. The number of fused-ring (bicyclic) bond motifs is 1. The summed E-state index contributed by atoms with van der Waals surface area (Å²) in [4.78, 5) is 20.1. The topological polar surface area (TPSA) is 64.2 Å². The molecule has 5 heteroatoms. The first-order valence-corrected chi connectivity index (χ1v) is 9.75. The van der Waals surface area contributed by atoms with E-state index in [1.54, 1.807) is 13.2 Å². The molecular formula is C23H26N2O3. The Kier molecular flexibility index (Phi) is 4.61. The van der Waals surface area contributed by atoms with Gasteiger partial charge in [-0.3, -0.25) is 0 Å². The number of rotatable bonds is 6. The number of aromatic amines is 1. The van der Waals surface area contributed by atoms with Crippen molar-refractivity contribution < 1.29 is 14.3 Å². The van der Waals surface area contributed by atoms with E-state index in [9.17, 15) is 4.79 Å². The third-order valence-electron chi connectivity index (χ3n) is 5.85. The zero-order valence-electron chi connectivity index (χ0n) is 16.9. The average molecular weight is 378 g/mol. The fourth-order valence-electron chi connectivity index (χ4n) is 3.90. The Morgan fingerprint density at radius 2 is 2.04 bits per heavy atom. The summed E-state index contributed by atoms with van der Waals surface area (Å²) in [5, 5.41) is 1.21. The average Bonchev–Trinajstić information content (AvgIpc) is 3.37. The minimum atomic E-state index is -0.409. The van der Waals surface area contributed by atoms with Crippen LogP contribution in [0.5, 0.6) is 5.75 Å². The number of nitrogens with zero attached hydrogens (tertiary/aromatic N) is 1. The van der Waals surface area contributed by atoms with E-state index < -0.39 is 5.97 Å². The molecule has 1 aliphatic rings. The number of aryl methyl sites for hydroxylation is 1. The van der Waals surface area contributed by atoms with Gasteiger partial charge in [-0.2, -0.15) is 0 Å². The predicted molar refractivity (Wildman–Crippen MR) is 109 cm³/mol. The number of hydrogen-bond donors (Lipinski definition) is 1. The van der Waals surface area contributed by atoms with Crippen molar-refractivity contribution in [1.29, 1.82) is 0 Å². The first kappa shape index (κ1) is 18.5. The molecule has 146 valence electrons. The fourth-order valence-corrected chi connectivity index (χ4v) is 3.90. The normalized spacial score (nSPS) is 14.9. The van der Waals surface area contributed by atoms with Gasteiger partial charge in [0.2, 0.25) is 0 Å². The molecule has 0 radical (unpaired) electrons. The van der Waals surface area contributed by atoms with E-state index in [-0.39, 0.29) is 5.41 Å². The molecule has 4 rings (SSSR count). The summed E-state index contributed by atoms with van der Waals surface area (Å²) < 4.78 is 10.4. The maximum absolute atomic E-state index is 11.9. The molecule has 28 heavy (non-hydrogen) atoms. The lowest BCUT2D eigenvalue weighted by Crippen LogP contribution is -2.08. The van der Waals surface area contributed by atoms with Gasteiger partial charge < -0.3 is 14.5 Å². The second-order valence-electron chi connectivity index (χ2n) is 7.78. The second-order valence-corrected chi connectivity index (χ2v) is 7.78. The summed E-state index contributed by atoms with van der Waals surface area (Å²) in [6.07, 6.45) is 3.94. The molecular weight excluding hydrogens is 352 g/mol. The molecule has 0 amide bonds. The molecule has 1 N–H and O–H groups in total. The summed E-state index contributed by atoms with van der Waals surface area (Å²) in [7, 11) is 3.09. The molecule has 0 atom stereocenters. The molecule has 5 nitrogen and oxygen atoms in total. The maximum atomic E-state index is 11.9. The number of nitrogens with one attached hydrogen (secondary N) is 1. The Morgan fingerprint density at radius 1 is 1.25 bits per heavy atom. The van der Waals surface area contributed by atoms with E-state index in [2.05, 4.69) is 35.9 Å². The molecule has 0 spiro atoms. The number of pyridine rings is 1. The van der Waals surface area contributed by atoms with E-state index in [0.717, 1.165) is 23.4 Å². The highest BCUT2D eigenvalue weighted by molar-refractivity contribution is 5.88. The van der Waals surface area contributed by atoms with Gasteiger partial charge in [0.25, 0.3) is 0 Å². The van der Waals surface area contributed by atoms with Crippen LogP contribution < -0.4 is 4.74 Å². The monoisotopic (exact) mass is 378 g/mol. The molecule has 0 bridgehead atoms. The van der Waals surface area contributed by atoms with Gasteiger partial charge in [-0.1, -0.05) is 19.9 Å². The SMILES string of the molecule is CCc1cc2c(Cc3cccc(C(=O)OC)n3)c(C3(C)CC3)[nH]c2cc1OC. The van der Waals surface area contributed by atoms with E-state index >= 15 is 0 Å². The van der Waals surface area contributed by atoms with Gasteiger partial charge in [-0.25, -0.2) is 9.78 Å². The summed E-state index contributed by atoms with van der Waals surface area (Å²) in [5.41, 5.74) is 6.23. The van der Waals surface area contributed by atoms with E-state index in [4.69, 9.17) is 9.47 Å². The summed E-state index contributed by atoms with van der Waals surface area (Å²) in [6.45, 7) is 4.44. The van der Waals surface area contributed by atoms with Gasteiger partial charge >= 0.3 is 5.97 Å².